The summed E-state index contributed by atoms with van der Waals surface area (Å²) >= 11 is 0. The third kappa shape index (κ3) is 2.03. The monoisotopic (exact) mass is 253 g/mol. The van der Waals surface area contributed by atoms with Gasteiger partial charge in [0.15, 0.2) is 0 Å². The lowest BCUT2D eigenvalue weighted by atomic mass is 9.79. The molecule has 1 aliphatic rings. The highest BCUT2D eigenvalue weighted by atomic mass is 16.4. The molecule has 3 rings (SSSR count). The largest absolute Gasteiger partial charge is 0.488 e. The Kier molecular flexibility index (Phi) is 2.85. The van der Waals surface area contributed by atoms with Crippen LogP contribution in [-0.4, -0.2) is 23.1 Å². The number of fused-ring (bicyclic) bond motifs is 1. The van der Waals surface area contributed by atoms with Gasteiger partial charge in [-0.05, 0) is 29.2 Å². The lowest BCUT2D eigenvalue weighted by Crippen LogP contribution is -2.30. The Bertz CT molecular complexity index is 628. The van der Waals surface area contributed by atoms with E-state index in [1.54, 1.807) is 23.1 Å². The summed E-state index contributed by atoms with van der Waals surface area (Å²) in [6.07, 6.45) is 0. The van der Waals surface area contributed by atoms with Crippen molar-refractivity contribution in [1.82, 2.24) is 0 Å². The predicted octanol–water partition coefficient (Wildman–Crippen LogP) is 0.527. The van der Waals surface area contributed by atoms with Gasteiger partial charge < -0.3 is 14.9 Å². The molecular weight excluding hydrogens is 241 g/mol. The molecule has 0 bridgehead atoms. The molecule has 0 spiro atoms. The highest BCUT2D eigenvalue weighted by Crippen LogP contribution is 2.27. The van der Waals surface area contributed by atoms with E-state index in [4.69, 9.17) is 10.0 Å². The van der Waals surface area contributed by atoms with Crippen molar-refractivity contribution in [1.29, 1.82) is 0 Å². The number of benzene rings is 2. The summed E-state index contributed by atoms with van der Waals surface area (Å²) in [7, 11) is -1.51. The normalized spacial score (nSPS) is 13.6. The zero-order valence-corrected chi connectivity index (χ0v) is 10.2. The number of hydrogen-bond donors (Lipinski definition) is 2. The molecule has 19 heavy (non-hydrogen) atoms. The Balaban J connectivity index is 1.98. The maximum Gasteiger partial charge on any atom is 0.488 e. The highest BCUT2D eigenvalue weighted by molar-refractivity contribution is 6.58. The zero-order valence-electron chi connectivity index (χ0n) is 10.2. The fourth-order valence-corrected chi connectivity index (χ4v) is 2.32. The van der Waals surface area contributed by atoms with Crippen molar-refractivity contribution in [2.24, 2.45) is 0 Å². The van der Waals surface area contributed by atoms with E-state index in [0.717, 1.165) is 11.3 Å². The Morgan fingerprint density at radius 2 is 1.79 bits per heavy atom. The molecule has 94 valence electrons. The van der Waals surface area contributed by atoms with Gasteiger partial charge in [0.05, 0.1) is 6.54 Å². The quantitative estimate of drug-likeness (QED) is 0.767. The summed E-state index contributed by atoms with van der Waals surface area (Å²) in [5, 5.41) is 18.3. The van der Waals surface area contributed by atoms with E-state index in [2.05, 4.69) is 0 Å². The van der Waals surface area contributed by atoms with Crippen molar-refractivity contribution in [2.75, 3.05) is 4.90 Å². The van der Waals surface area contributed by atoms with Crippen LogP contribution in [0.15, 0.2) is 48.5 Å². The number of carbonyl (C=O) groups is 1. The predicted molar refractivity (Wildman–Crippen MR) is 73.2 cm³/mol. The lowest BCUT2D eigenvalue weighted by molar-refractivity contribution is 0.0996. The average molecular weight is 253 g/mol. The van der Waals surface area contributed by atoms with Gasteiger partial charge in [-0.3, -0.25) is 4.79 Å². The van der Waals surface area contributed by atoms with Gasteiger partial charge in [-0.2, -0.15) is 0 Å². The van der Waals surface area contributed by atoms with Gasteiger partial charge in [0, 0.05) is 11.3 Å². The summed E-state index contributed by atoms with van der Waals surface area (Å²) in [6, 6.07) is 14.3. The molecular formula is C14H12BNO3. The molecule has 1 aliphatic heterocycles. The van der Waals surface area contributed by atoms with Gasteiger partial charge in [-0.25, -0.2) is 0 Å². The molecule has 2 aromatic rings. The smallest absolute Gasteiger partial charge is 0.423 e. The van der Waals surface area contributed by atoms with E-state index in [0.29, 0.717) is 17.6 Å². The van der Waals surface area contributed by atoms with Gasteiger partial charge >= 0.3 is 7.12 Å². The van der Waals surface area contributed by atoms with Gasteiger partial charge in [-0.15, -0.1) is 0 Å². The molecule has 0 radical (unpaired) electrons. The van der Waals surface area contributed by atoms with Gasteiger partial charge in [0.2, 0.25) is 0 Å². The van der Waals surface area contributed by atoms with Crippen molar-refractivity contribution in [3.63, 3.8) is 0 Å². The van der Waals surface area contributed by atoms with Crippen molar-refractivity contribution >= 4 is 24.2 Å². The number of para-hydroxylation sites is 1. The van der Waals surface area contributed by atoms with Crippen LogP contribution in [0.5, 0.6) is 0 Å². The van der Waals surface area contributed by atoms with E-state index in [1.807, 2.05) is 30.3 Å². The molecule has 5 heteroatoms. The molecule has 0 fully saturated rings. The molecule has 0 saturated carbocycles. The first-order valence-electron chi connectivity index (χ1n) is 6.02. The second kappa shape index (κ2) is 4.53. The SMILES string of the molecule is O=C1c2ccc(B(O)O)cc2CN1c1ccccc1. The topological polar surface area (TPSA) is 60.8 Å². The summed E-state index contributed by atoms with van der Waals surface area (Å²) in [5.74, 6) is -0.0554. The average Bonchev–Trinajstić information content (AvgIpc) is 2.76. The molecule has 0 saturated heterocycles. The van der Waals surface area contributed by atoms with Crippen LogP contribution in [0.1, 0.15) is 15.9 Å². The first-order valence-corrected chi connectivity index (χ1v) is 6.02. The molecule has 1 heterocycles. The van der Waals surface area contributed by atoms with Crippen molar-refractivity contribution in [3.8, 4) is 0 Å². The van der Waals surface area contributed by atoms with E-state index < -0.39 is 7.12 Å². The second-order valence-electron chi connectivity index (χ2n) is 4.52. The third-order valence-corrected chi connectivity index (χ3v) is 3.30. The summed E-state index contributed by atoms with van der Waals surface area (Å²) in [4.78, 5) is 14.0. The molecule has 4 nitrogen and oxygen atoms in total. The zero-order chi connectivity index (χ0) is 13.4. The minimum absolute atomic E-state index is 0.0554. The lowest BCUT2D eigenvalue weighted by Gasteiger charge is -2.15. The van der Waals surface area contributed by atoms with Crippen LogP contribution < -0.4 is 10.4 Å². The first kappa shape index (κ1) is 12.0. The Labute approximate surface area is 111 Å². The molecule has 0 aromatic heterocycles. The van der Waals surface area contributed by atoms with Crippen LogP contribution in [-0.2, 0) is 6.54 Å². The van der Waals surface area contributed by atoms with Crippen molar-refractivity contribution in [2.45, 2.75) is 6.54 Å². The van der Waals surface area contributed by atoms with Gasteiger partial charge in [-0.1, -0.05) is 30.3 Å². The molecule has 0 atom stereocenters. The molecule has 1 amide bonds. The number of rotatable bonds is 2. The van der Waals surface area contributed by atoms with Crippen LogP contribution >= 0.6 is 0 Å². The fourth-order valence-electron chi connectivity index (χ4n) is 2.32. The van der Waals surface area contributed by atoms with E-state index in [1.165, 1.54) is 0 Å². The van der Waals surface area contributed by atoms with Gasteiger partial charge in [0.1, 0.15) is 0 Å². The maximum absolute atomic E-state index is 12.3. The standard InChI is InChI=1S/C14H12BNO3/c17-14-13-7-6-11(15(18)19)8-10(13)9-16(14)12-4-2-1-3-5-12/h1-8,18-19H,9H2. The minimum atomic E-state index is -1.51. The summed E-state index contributed by atoms with van der Waals surface area (Å²) in [5.41, 5.74) is 2.68. The number of carbonyl (C=O) groups excluding carboxylic acids is 1. The fraction of sp³-hybridized carbons (Fsp3) is 0.0714. The minimum Gasteiger partial charge on any atom is -0.423 e. The number of anilines is 1. The number of hydrogen-bond acceptors (Lipinski definition) is 3. The Morgan fingerprint density at radius 1 is 1.05 bits per heavy atom. The van der Waals surface area contributed by atoms with E-state index in [-0.39, 0.29) is 5.91 Å². The maximum atomic E-state index is 12.3. The van der Waals surface area contributed by atoms with Crippen LogP contribution in [0.25, 0.3) is 0 Å². The van der Waals surface area contributed by atoms with Gasteiger partial charge in [0.25, 0.3) is 5.91 Å². The van der Waals surface area contributed by atoms with E-state index >= 15 is 0 Å². The van der Waals surface area contributed by atoms with Crippen LogP contribution in [0, 0.1) is 0 Å². The summed E-state index contributed by atoms with van der Waals surface area (Å²) < 4.78 is 0. The Hall–Kier alpha value is -2.11. The Morgan fingerprint density at radius 3 is 2.47 bits per heavy atom. The second-order valence-corrected chi connectivity index (χ2v) is 4.52. The molecule has 2 N–H and O–H groups in total. The van der Waals surface area contributed by atoms with Crippen molar-refractivity contribution in [3.05, 3.63) is 59.7 Å². The number of nitrogens with zero attached hydrogens (tertiary/aromatic N) is 1. The molecule has 2 aromatic carbocycles. The third-order valence-electron chi connectivity index (χ3n) is 3.30. The first-order chi connectivity index (χ1) is 9.16. The van der Waals surface area contributed by atoms with E-state index in [9.17, 15) is 4.79 Å². The molecule has 0 unspecified atom stereocenters. The number of amides is 1. The highest BCUT2D eigenvalue weighted by Gasteiger charge is 2.29. The van der Waals surface area contributed by atoms with Crippen LogP contribution in [0.3, 0.4) is 0 Å². The van der Waals surface area contributed by atoms with Crippen LogP contribution in [0.2, 0.25) is 0 Å². The summed E-state index contributed by atoms with van der Waals surface area (Å²) in [6.45, 7) is 0.457. The van der Waals surface area contributed by atoms with Crippen LogP contribution in [0.4, 0.5) is 5.69 Å². The molecule has 0 aliphatic carbocycles. The van der Waals surface area contributed by atoms with Crippen molar-refractivity contribution < 1.29 is 14.8 Å².